The van der Waals surface area contributed by atoms with E-state index in [2.05, 4.69) is 19.2 Å². The molecule has 2 aromatic rings. The molecule has 8 heteroatoms. The van der Waals surface area contributed by atoms with Gasteiger partial charge >= 0.3 is 0 Å². The Bertz CT molecular complexity index is 917. The normalized spacial score (nSPS) is 13.0. The van der Waals surface area contributed by atoms with Crippen LogP contribution in [0.5, 0.6) is 0 Å². The molecule has 0 spiro atoms. The van der Waals surface area contributed by atoms with Crippen molar-refractivity contribution in [2.24, 2.45) is 5.92 Å². The first-order chi connectivity index (χ1) is 15.7. The summed E-state index contributed by atoms with van der Waals surface area (Å²) in [6.07, 6.45) is 3.13. The molecule has 0 radical (unpaired) electrons. The first-order valence-corrected chi connectivity index (χ1v) is 12.1. The lowest BCUT2D eigenvalue weighted by Crippen LogP contribution is -2.18. The van der Waals surface area contributed by atoms with E-state index in [4.69, 9.17) is 4.74 Å². The lowest BCUT2D eigenvalue weighted by molar-refractivity contribution is 0.102. The summed E-state index contributed by atoms with van der Waals surface area (Å²) in [5.74, 6) is -4.34. The Kier molecular flexibility index (Phi) is 10.6. The number of amides is 1. The third-order valence-corrected chi connectivity index (χ3v) is 6.76. The molecular weight excluding hydrogens is 449 g/mol. The van der Waals surface area contributed by atoms with Crippen LogP contribution >= 0.6 is 11.8 Å². The van der Waals surface area contributed by atoms with Crippen LogP contribution in [0.2, 0.25) is 0 Å². The number of benzene rings is 2. The van der Waals surface area contributed by atoms with Crippen LogP contribution < -0.4 is 10.2 Å². The molecule has 0 aliphatic carbocycles. The molecule has 2 atom stereocenters. The smallest absolute Gasteiger partial charge is 0.255 e. The third kappa shape index (κ3) is 7.67. The van der Waals surface area contributed by atoms with Gasteiger partial charge in [0.1, 0.15) is 0 Å². The minimum absolute atomic E-state index is 0.144. The Morgan fingerprint density at radius 3 is 2.33 bits per heavy atom. The Labute approximate surface area is 198 Å². The van der Waals surface area contributed by atoms with Gasteiger partial charge in [-0.05, 0) is 43.9 Å². The van der Waals surface area contributed by atoms with Crippen molar-refractivity contribution in [3.05, 3.63) is 53.3 Å². The van der Waals surface area contributed by atoms with Gasteiger partial charge in [0.25, 0.3) is 5.91 Å². The maximum absolute atomic E-state index is 13.5. The summed E-state index contributed by atoms with van der Waals surface area (Å²) >= 11 is 1.70. The molecule has 4 nitrogen and oxygen atoms in total. The van der Waals surface area contributed by atoms with Gasteiger partial charge in [-0.25, -0.2) is 13.2 Å². The molecular formula is C25H33F3N2O2S. The van der Waals surface area contributed by atoms with Crippen molar-refractivity contribution in [2.75, 3.05) is 37.5 Å². The molecule has 0 aliphatic rings. The summed E-state index contributed by atoms with van der Waals surface area (Å²) < 4.78 is 45.8. The summed E-state index contributed by atoms with van der Waals surface area (Å²) in [6.45, 7) is 7.77. The van der Waals surface area contributed by atoms with E-state index in [0.29, 0.717) is 23.3 Å². The first-order valence-electron chi connectivity index (χ1n) is 11.2. The molecule has 33 heavy (non-hydrogen) atoms. The molecule has 0 saturated heterocycles. The lowest BCUT2D eigenvalue weighted by atomic mass is 9.97. The maximum atomic E-state index is 13.5. The number of thioether (sulfide) groups is 1. The van der Waals surface area contributed by atoms with Gasteiger partial charge in [-0.2, -0.15) is 0 Å². The Morgan fingerprint density at radius 2 is 1.76 bits per heavy atom. The number of rotatable bonds is 12. The minimum Gasteiger partial charge on any atom is -0.382 e. The quantitative estimate of drug-likeness (QED) is 0.207. The second kappa shape index (κ2) is 12.9. The Balaban J connectivity index is 2.25. The number of hydrogen-bond acceptors (Lipinski definition) is 4. The largest absolute Gasteiger partial charge is 0.382 e. The number of carbonyl (C=O) groups is 1. The molecule has 2 unspecified atom stereocenters. The molecule has 0 saturated carbocycles. The average molecular weight is 483 g/mol. The molecule has 0 heterocycles. The van der Waals surface area contributed by atoms with E-state index >= 15 is 0 Å². The average Bonchev–Trinajstić information content (AvgIpc) is 2.76. The van der Waals surface area contributed by atoms with Gasteiger partial charge in [-0.1, -0.05) is 20.3 Å². The fourth-order valence-electron chi connectivity index (χ4n) is 3.61. The third-order valence-electron chi connectivity index (χ3n) is 5.42. The summed E-state index contributed by atoms with van der Waals surface area (Å²) in [4.78, 5) is 15.7. The zero-order chi connectivity index (χ0) is 24.5. The van der Waals surface area contributed by atoms with Crippen molar-refractivity contribution in [3.8, 4) is 0 Å². The van der Waals surface area contributed by atoms with E-state index in [1.54, 1.807) is 23.9 Å². The van der Waals surface area contributed by atoms with E-state index < -0.39 is 23.4 Å². The van der Waals surface area contributed by atoms with E-state index in [1.165, 1.54) is 0 Å². The van der Waals surface area contributed by atoms with Crippen molar-refractivity contribution >= 4 is 29.0 Å². The topological polar surface area (TPSA) is 41.6 Å². The predicted molar refractivity (Wildman–Crippen MR) is 130 cm³/mol. The molecule has 1 N–H and O–H groups in total. The highest BCUT2D eigenvalue weighted by Gasteiger charge is 2.21. The number of carbonyl (C=O) groups excluding carboxylic acids is 1. The van der Waals surface area contributed by atoms with Gasteiger partial charge in [0.2, 0.25) is 0 Å². The van der Waals surface area contributed by atoms with Gasteiger partial charge in [0.05, 0.1) is 0 Å². The highest BCUT2D eigenvalue weighted by Crippen LogP contribution is 2.38. The molecule has 0 aromatic heterocycles. The van der Waals surface area contributed by atoms with Crippen LogP contribution in [0.25, 0.3) is 0 Å². The summed E-state index contributed by atoms with van der Waals surface area (Å²) in [5.41, 5.74) is 1.18. The van der Waals surface area contributed by atoms with Crippen molar-refractivity contribution < 1.29 is 22.7 Å². The van der Waals surface area contributed by atoms with Crippen molar-refractivity contribution in [2.45, 2.75) is 50.2 Å². The van der Waals surface area contributed by atoms with Gasteiger partial charge in [0, 0.05) is 66.5 Å². The molecule has 2 aromatic carbocycles. The second-order valence-electron chi connectivity index (χ2n) is 8.14. The number of nitrogens with zero attached hydrogens (tertiary/aromatic N) is 1. The number of ether oxygens (including phenoxy) is 1. The zero-order valence-electron chi connectivity index (χ0n) is 19.9. The lowest BCUT2D eigenvalue weighted by Gasteiger charge is -2.26. The van der Waals surface area contributed by atoms with E-state index in [1.807, 2.05) is 32.0 Å². The second-order valence-corrected chi connectivity index (χ2v) is 9.56. The van der Waals surface area contributed by atoms with E-state index in [9.17, 15) is 18.0 Å². The minimum atomic E-state index is -1.57. The molecule has 1 amide bonds. The van der Waals surface area contributed by atoms with Crippen molar-refractivity contribution in [1.82, 2.24) is 0 Å². The number of halogens is 3. The highest BCUT2D eigenvalue weighted by molar-refractivity contribution is 8.00. The van der Waals surface area contributed by atoms with E-state index in [0.717, 1.165) is 48.6 Å². The Hall–Kier alpha value is -2.19. The van der Waals surface area contributed by atoms with Gasteiger partial charge in [-0.3, -0.25) is 4.79 Å². The Morgan fingerprint density at radius 1 is 1.09 bits per heavy atom. The van der Waals surface area contributed by atoms with Crippen LogP contribution in [0.1, 0.15) is 50.4 Å². The fraction of sp³-hybridized carbons (Fsp3) is 0.480. The van der Waals surface area contributed by atoms with Crippen molar-refractivity contribution in [3.63, 3.8) is 0 Å². The van der Waals surface area contributed by atoms with Crippen LogP contribution in [0.3, 0.4) is 0 Å². The van der Waals surface area contributed by atoms with Gasteiger partial charge in [-0.15, -0.1) is 11.8 Å². The molecule has 0 aliphatic heterocycles. The molecule has 0 fully saturated rings. The summed E-state index contributed by atoms with van der Waals surface area (Å²) in [6, 6.07) is 6.82. The van der Waals surface area contributed by atoms with Crippen molar-refractivity contribution in [1.29, 1.82) is 0 Å². The number of nitrogens with one attached hydrogen (secondary N) is 1. The van der Waals surface area contributed by atoms with Crippen LogP contribution in [-0.2, 0) is 4.74 Å². The van der Waals surface area contributed by atoms with E-state index in [-0.39, 0.29) is 5.69 Å². The van der Waals surface area contributed by atoms with Crippen LogP contribution in [0, 0.1) is 23.4 Å². The fourth-order valence-corrected chi connectivity index (χ4v) is 5.04. The van der Waals surface area contributed by atoms with Crippen LogP contribution in [-0.4, -0.2) is 38.5 Å². The summed E-state index contributed by atoms with van der Waals surface area (Å²) in [5, 5.41) is 2.74. The molecule has 2 rings (SSSR count). The first kappa shape index (κ1) is 27.1. The molecule has 182 valence electrons. The predicted octanol–water partition coefficient (Wildman–Crippen LogP) is 6.75. The number of anilines is 2. The van der Waals surface area contributed by atoms with Crippen LogP contribution in [0.15, 0.2) is 35.2 Å². The summed E-state index contributed by atoms with van der Waals surface area (Å²) in [7, 11) is 3.87. The van der Waals surface area contributed by atoms with Crippen LogP contribution in [0.4, 0.5) is 24.5 Å². The standard InChI is InChI=1S/C25H33F3N2O2S/c1-6-8-17(11-12-32-7-2)16(3)33-23-13-18(9-10-22(23)30(4)5)25(31)29-19-14-20(26)24(28)21(27)15-19/h9-10,13-17H,6-8,11-12H2,1-5H3,(H,29,31). The SMILES string of the molecule is CCCC(CCOCC)C(C)Sc1cc(C(=O)Nc2cc(F)c(F)c(F)c2)ccc1N(C)C. The van der Waals surface area contributed by atoms with Gasteiger partial charge in [0.15, 0.2) is 17.5 Å². The number of hydrogen-bond donors (Lipinski definition) is 1. The highest BCUT2D eigenvalue weighted by atomic mass is 32.2. The molecule has 0 bridgehead atoms. The maximum Gasteiger partial charge on any atom is 0.255 e. The monoisotopic (exact) mass is 482 g/mol. The van der Waals surface area contributed by atoms with Gasteiger partial charge < -0.3 is 15.0 Å². The zero-order valence-corrected chi connectivity index (χ0v) is 20.7.